The van der Waals surface area contributed by atoms with Crippen LogP contribution in [-0.4, -0.2) is 72.1 Å². The molecule has 0 saturated carbocycles. The van der Waals surface area contributed by atoms with Gasteiger partial charge in [0, 0.05) is 24.2 Å². The van der Waals surface area contributed by atoms with Crippen molar-refractivity contribution >= 4 is 68.8 Å². The zero-order valence-electron chi connectivity index (χ0n) is 25.5. The molecule has 49 heavy (non-hydrogen) atoms. The summed E-state index contributed by atoms with van der Waals surface area (Å²) in [7, 11) is -1.79. The molecule has 0 saturated heterocycles. The van der Waals surface area contributed by atoms with E-state index in [1.807, 2.05) is 0 Å². The van der Waals surface area contributed by atoms with Crippen molar-refractivity contribution < 1.29 is 47.0 Å². The molecule has 18 nitrogen and oxygen atoms in total. The molecule has 0 unspecified atom stereocenters. The van der Waals surface area contributed by atoms with Crippen LogP contribution in [0.25, 0.3) is 0 Å². The number of nitro benzene ring substituents is 1. The van der Waals surface area contributed by atoms with Crippen molar-refractivity contribution in [2.45, 2.75) is 11.8 Å². The number of urea groups is 1. The highest BCUT2D eigenvalue weighted by molar-refractivity contribution is 7.90. The average molecular weight is 739 g/mol. The lowest BCUT2D eigenvalue weighted by atomic mass is 10.1. The van der Waals surface area contributed by atoms with Gasteiger partial charge in [-0.25, -0.2) is 27.5 Å². The maximum Gasteiger partial charge on any atom is 0.345 e. The number of sulfonamides is 1. The lowest BCUT2D eigenvalue weighted by molar-refractivity contribution is -0.385. The summed E-state index contributed by atoms with van der Waals surface area (Å²) in [5, 5.41) is 25.5. The molecule has 0 aliphatic rings. The molecule has 4 N–H and O–H groups in total. The van der Waals surface area contributed by atoms with Crippen molar-refractivity contribution in [2.24, 2.45) is 0 Å². The van der Waals surface area contributed by atoms with E-state index in [2.05, 4.69) is 30.3 Å². The van der Waals surface area contributed by atoms with Gasteiger partial charge in [0.1, 0.15) is 22.0 Å². The van der Waals surface area contributed by atoms with Gasteiger partial charge in [0.05, 0.1) is 29.2 Å². The highest BCUT2D eigenvalue weighted by Crippen LogP contribution is 2.33. The molecular formula is C28H25Cl2N7O11S. The SMILES string of the molecule is CCOc1nc(NC)nc(NC(=O)NS(=O)(=O)c2ccccc2C(=O)O)n1.COC(=O)c1cc(Oc2ccc(Cl)cc2Cl)ccc1[N+](=O)[O-]. The van der Waals surface area contributed by atoms with E-state index in [0.717, 1.165) is 25.3 Å². The summed E-state index contributed by atoms with van der Waals surface area (Å²) in [4.78, 5) is 56.1. The Hall–Kier alpha value is -5.79. The number of amides is 2. The van der Waals surface area contributed by atoms with Crippen LogP contribution >= 0.6 is 23.2 Å². The van der Waals surface area contributed by atoms with Crippen LogP contribution in [0.4, 0.5) is 22.4 Å². The molecule has 0 spiro atoms. The highest BCUT2D eigenvalue weighted by Gasteiger charge is 2.25. The Bertz CT molecular complexity index is 2000. The number of benzene rings is 3. The first-order chi connectivity index (χ1) is 23.2. The average Bonchev–Trinajstić information content (AvgIpc) is 3.05. The van der Waals surface area contributed by atoms with Crippen molar-refractivity contribution in [3.8, 4) is 17.5 Å². The highest BCUT2D eigenvalue weighted by atomic mass is 35.5. The van der Waals surface area contributed by atoms with Gasteiger partial charge in [-0.1, -0.05) is 35.3 Å². The zero-order chi connectivity index (χ0) is 36.3. The molecule has 2 amide bonds. The second-order valence-electron chi connectivity index (χ2n) is 8.91. The van der Waals surface area contributed by atoms with Gasteiger partial charge in [0.15, 0.2) is 0 Å². The lowest BCUT2D eigenvalue weighted by Gasteiger charge is -2.10. The minimum Gasteiger partial charge on any atom is -0.478 e. The summed E-state index contributed by atoms with van der Waals surface area (Å²) >= 11 is 11.8. The number of carbonyl (C=O) groups excluding carboxylic acids is 2. The third-order valence-corrected chi connectivity index (χ3v) is 7.58. The van der Waals surface area contributed by atoms with Crippen LogP contribution in [0.3, 0.4) is 0 Å². The van der Waals surface area contributed by atoms with Gasteiger partial charge >= 0.3 is 24.0 Å². The first-order valence-corrected chi connectivity index (χ1v) is 15.6. The number of rotatable bonds is 11. The normalized spacial score (nSPS) is 10.5. The van der Waals surface area contributed by atoms with Crippen LogP contribution in [-0.2, 0) is 14.8 Å². The van der Waals surface area contributed by atoms with Gasteiger partial charge in [0.25, 0.3) is 15.7 Å². The van der Waals surface area contributed by atoms with E-state index in [0.29, 0.717) is 10.8 Å². The number of aromatic nitrogens is 3. The van der Waals surface area contributed by atoms with Crippen molar-refractivity contribution in [3.05, 3.63) is 92.0 Å². The predicted molar refractivity (Wildman–Crippen MR) is 174 cm³/mol. The second-order valence-corrected chi connectivity index (χ2v) is 11.4. The fraction of sp³-hybridized carbons (Fsp3) is 0.143. The Kier molecular flexibility index (Phi) is 13.0. The van der Waals surface area contributed by atoms with E-state index < -0.39 is 43.4 Å². The third kappa shape index (κ3) is 10.3. The standard InChI is InChI=1S/C14H9Cl2NO5.C14H16N6O6S/c1-21-14(18)10-7-9(3-4-12(10)17(19)20)22-13-5-2-8(15)6-11(13)16;1-3-26-14-18-11(15-2)16-12(19-14)17-13(23)20-27(24,25)9-7-5-4-6-8(9)10(21)22/h2-7H,1H3;4-7H,3H2,1-2H3,(H,21,22)(H3,15,16,17,18,19,20,23). The number of hydrogen-bond acceptors (Lipinski definition) is 14. The quantitative estimate of drug-likeness (QED) is 0.0897. The third-order valence-electron chi connectivity index (χ3n) is 5.66. The Morgan fingerprint density at radius 1 is 0.980 bits per heavy atom. The van der Waals surface area contributed by atoms with Crippen LogP contribution in [0, 0.1) is 10.1 Å². The molecule has 1 heterocycles. The van der Waals surface area contributed by atoms with E-state index in [9.17, 15) is 32.9 Å². The molecule has 4 aromatic rings. The van der Waals surface area contributed by atoms with E-state index >= 15 is 0 Å². The van der Waals surface area contributed by atoms with Crippen LogP contribution in [0.15, 0.2) is 65.6 Å². The van der Waals surface area contributed by atoms with Crippen LogP contribution < -0.4 is 24.8 Å². The number of halogens is 2. The van der Waals surface area contributed by atoms with Crippen molar-refractivity contribution in [1.82, 2.24) is 19.7 Å². The number of nitrogens with zero attached hydrogens (tertiary/aromatic N) is 4. The van der Waals surface area contributed by atoms with E-state index in [-0.39, 0.29) is 46.5 Å². The number of carboxylic acids is 1. The summed E-state index contributed by atoms with van der Waals surface area (Å²) < 4.78 is 41.5. The largest absolute Gasteiger partial charge is 0.478 e. The summed E-state index contributed by atoms with van der Waals surface area (Å²) in [5.41, 5.74) is -1.06. The molecule has 0 radical (unpaired) electrons. The number of methoxy groups -OCH3 is 1. The fourth-order valence-electron chi connectivity index (χ4n) is 3.60. The Morgan fingerprint density at radius 2 is 1.67 bits per heavy atom. The number of anilines is 2. The Morgan fingerprint density at radius 3 is 2.29 bits per heavy atom. The summed E-state index contributed by atoms with van der Waals surface area (Å²) in [6, 6.07) is 11.9. The van der Waals surface area contributed by atoms with Gasteiger partial charge in [0.2, 0.25) is 11.9 Å². The van der Waals surface area contributed by atoms with E-state index in [1.54, 1.807) is 23.8 Å². The number of hydrogen-bond donors (Lipinski definition) is 4. The van der Waals surface area contributed by atoms with Crippen LogP contribution in [0.1, 0.15) is 27.6 Å². The van der Waals surface area contributed by atoms with Gasteiger partial charge in [-0.15, -0.1) is 0 Å². The van der Waals surface area contributed by atoms with Crippen molar-refractivity contribution in [2.75, 3.05) is 31.4 Å². The van der Waals surface area contributed by atoms with Gasteiger partial charge in [-0.05, 0) is 43.3 Å². The number of esters is 1. The molecule has 0 bridgehead atoms. The predicted octanol–water partition coefficient (Wildman–Crippen LogP) is 5.00. The van der Waals surface area contributed by atoms with Gasteiger partial charge < -0.3 is 24.6 Å². The Balaban J connectivity index is 0.000000271. The number of aromatic carboxylic acids is 1. The molecule has 258 valence electrons. The first kappa shape index (κ1) is 37.7. The molecule has 4 rings (SSSR count). The number of nitro groups is 1. The summed E-state index contributed by atoms with van der Waals surface area (Å²) in [6.07, 6.45) is 0. The maximum atomic E-state index is 12.3. The number of nitrogens with one attached hydrogen (secondary N) is 3. The van der Waals surface area contributed by atoms with Gasteiger partial charge in [-0.3, -0.25) is 15.4 Å². The number of ether oxygens (including phenoxy) is 3. The Labute approximate surface area is 287 Å². The topological polar surface area (TPSA) is 251 Å². The van der Waals surface area contributed by atoms with Gasteiger partial charge in [-0.2, -0.15) is 15.0 Å². The molecule has 1 aromatic heterocycles. The zero-order valence-corrected chi connectivity index (χ0v) is 27.8. The molecule has 3 aromatic carbocycles. The monoisotopic (exact) mass is 737 g/mol. The minimum atomic E-state index is -4.45. The van der Waals surface area contributed by atoms with E-state index in [4.69, 9.17) is 37.8 Å². The van der Waals surface area contributed by atoms with Crippen molar-refractivity contribution in [1.29, 1.82) is 0 Å². The molecule has 0 atom stereocenters. The smallest absolute Gasteiger partial charge is 0.345 e. The van der Waals surface area contributed by atoms with Crippen molar-refractivity contribution in [3.63, 3.8) is 0 Å². The molecule has 21 heteroatoms. The second kappa shape index (κ2) is 16.9. The molecule has 0 aliphatic heterocycles. The van der Waals surface area contributed by atoms with Crippen LogP contribution in [0.5, 0.6) is 17.5 Å². The minimum absolute atomic E-state index is 0.0776. The maximum absolute atomic E-state index is 12.3. The number of carbonyl (C=O) groups is 3. The number of carboxylic acid groups (broad SMARTS) is 1. The lowest BCUT2D eigenvalue weighted by Crippen LogP contribution is -2.35. The fourth-order valence-corrected chi connectivity index (χ4v) is 5.15. The molecule has 0 fully saturated rings. The first-order valence-electron chi connectivity index (χ1n) is 13.4. The summed E-state index contributed by atoms with van der Waals surface area (Å²) in [6.45, 7) is 1.97. The summed E-state index contributed by atoms with van der Waals surface area (Å²) in [5.74, 6) is -1.96. The molecule has 0 aliphatic carbocycles. The van der Waals surface area contributed by atoms with Crippen LogP contribution in [0.2, 0.25) is 10.0 Å². The van der Waals surface area contributed by atoms with E-state index in [1.165, 1.54) is 37.4 Å². The molecular weight excluding hydrogens is 713 g/mol.